The van der Waals surface area contributed by atoms with Crippen LogP contribution in [0.25, 0.3) is 0 Å². The molecule has 0 saturated carbocycles. The summed E-state index contributed by atoms with van der Waals surface area (Å²) in [5, 5.41) is 11.6. The van der Waals surface area contributed by atoms with Gasteiger partial charge in [0.05, 0.1) is 0 Å². The summed E-state index contributed by atoms with van der Waals surface area (Å²) < 4.78 is 0. The number of carboxylic acids is 1. The number of benzene rings is 1. The van der Waals surface area contributed by atoms with Gasteiger partial charge in [-0.1, -0.05) is 24.6 Å². The number of aryl methyl sites for hydroxylation is 2. The monoisotopic (exact) mass is 292 g/mol. The van der Waals surface area contributed by atoms with Gasteiger partial charge in [0.25, 0.3) is 5.91 Å². The molecule has 6 heteroatoms. The Kier molecular flexibility index (Phi) is 4.44. The molecule has 1 aliphatic rings. The predicted molar refractivity (Wildman–Crippen MR) is 79.3 cm³/mol. The maximum absolute atomic E-state index is 12.2. The van der Waals surface area contributed by atoms with Crippen molar-refractivity contribution in [3.63, 3.8) is 0 Å². The highest BCUT2D eigenvalue weighted by atomic mass is 32.2. The van der Waals surface area contributed by atoms with Crippen LogP contribution in [-0.4, -0.2) is 33.9 Å². The van der Waals surface area contributed by atoms with E-state index in [-0.39, 0.29) is 11.6 Å². The van der Waals surface area contributed by atoms with Crippen molar-refractivity contribution in [3.8, 4) is 0 Å². The van der Waals surface area contributed by atoms with E-state index >= 15 is 0 Å². The maximum atomic E-state index is 12.2. The third-order valence-corrected chi connectivity index (χ3v) is 4.02. The Morgan fingerprint density at radius 3 is 2.85 bits per heavy atom. The molecule has 0 bridgehead atoms. The maximum Gasteiger partial charge on any atom is 0.350 e. The average molecular weight is 292 g/mol. The fourth-order valence-corrected chi connectivity index (χ4v) is 2.90. The zero-order chi connectivity index (χ0) is 14.7. The predicted octanol–water partition coefficient (Wildman–Crippen LogP) is 1.84. The van der Waals surface area contributed by atoms with E-state index in [0.29, 0.717) is 11.3 Å². The third kappa shape index (κ3) is 3.19. The first-order valence-corrected chi connectivity index (χ1v) is 7.38. The highest BCUT2D eigenvalue weighted by molar-refractivity contribution is 8.01. The number of rotatable bonds is 4. The standard InChI is InChI=1S/C14H16N2O3S/c1-3-9-6-8(2)4-5-10(9)12(17)16-14-15-11(7-20-14)13(18)19/h4-6,14H,3,7H2,1-2H3,(H,16,17)(H,18,19). The van der Waals surface area contributed by atoms with Crippen molar-refractivity contribution in [2.75, 3.05) is 5.75 Å². The first kappa shape index (κ1) is 14.6. The molecule has 1 atom stereocenters. The van der Waals surface area contributed by atoms with Crippen LogP contribution < -0.4 is 5.32 Å². The number of carbonyl (C=O) groups excluding carboxylic acids is 1. The second-order valence-corrected chi connectivity index (χ2v) is 5.60. The minimum atomic E-state index is -1.03. The number of aliphatic carboxylic acids is 1. The van der Waals surface area contributed by atoms with Gasteiger partial charge in [-0.25, -0.2) is 9.79 Å². The number of hydrogen-bond acceptors (Lipinski definition) is 4. The van der Waals surface area contributed by atoms with Crippen molar-refractivity contribution in [1.29, 1.82) is 0 Å². The smallest absolute Gasteiger partial charge is 0.350 e. The third-order valence-electron chi connectivity index (χ3n) is 3.04. The molecule has 1 aliphatic heterocycles. The van der Waals surface area contributed by atoms with E-state index in [1.54, 1.807) is 6.07 Å². The molecule has 2 rings (SSSR count). The number of carbonyl (C=O) groups is 2. The number of nitrogens with zero attached hydrogens (tertiary/aromatic N) is 1. The molecule has 0 aromatic heterocycles. The Balaban J connectivity index is 2.12. The van der Waals surface area contributed by atoms with Gasteiger partial charge in [-0.3, -0.25) is 4.79 Å². The summed E-state index contributed by atoms with van der Waals surface area (Å²) in [5.41, 5.74) is 2.30. The van der Waals surface area contributed by atoms with Gasteiger partial charge in [-0.15, -0.1) is 11.8 Å². The highest BCUT2D eigenvalue weighted by Gasteiger charge is 2.24. The second-order valence-electron chi connectivity index (χ2n) is 4.53. The molecular formula is C14H16N2O3S. The van der Waals surface area contributed by atoms with Crippen LogP contribution in [-0.2, 0) is 11.2 Å². The van der Waals surface area contributed by atoms with Crippen LogP contribution in [0.15, 0.2) is 23.2 Å². The van der Waals surface area contributed by atoms with Crippen molar-refractivity contribution >= 4 is 29.4 Å². The summed E-state index contributed by atoms with van der Waals surface area (Å²) in [6.45, 7) is 3.98. The number of aliphatic imine (C=N–C) groups is 1. The van der Waals surface area contributed by atoms with Crippen LogP contribution in [0.5, 0.6) is 0 Å². The van der Waals surface area contributed by atoms with Crippen molar-refractivity contribution < 1.29 is 14.7 Å². The van der Waals surface area contributed by atoms with Gasteiger partial charge in [0, 0.05) is 11.3 Å². The van der Waals surface area contributed by atoms with E-state index in [9.17, 15) is 9.59 Å². The molecular weight excluding hydrogens is 276 g/mol. The summed E-state index contributed by atoms with van der Waals surface area (Å²) in [6, 6.07) is 5.68. The molecule has 20 heavy (non-hydrogen) atoms. The molecule has 1 heterocycles. The molecule has 106 valence electrons. The van der Waals surface area contributed by atoms with E-state index in [1.165, 1.54) is 11.8 Å². The number of hydrogen-bond donors (Lipinski definition) is 2. The Morgan fingerprint density at radius 2 is 2.25 bits per heavy atom. The normalized spacial score (nSPS) is 17.7. The van der Waals surface area contributed by atoms with Gasteiger partial charge >= 0.3 is 5.97 Å². The fourth-order valence-electron chi connectivity index (χ4n) is 1.99. The topological polar surface area (TPSA) is 78.8 Å². The van der Waals surface area contributed by atoms with Crippen molar-refractivity contribution in [1.82, 2.24) is 5.32 Å². The summed E-state index contributed by atoms with van der Waals surface area (Å²) in [4.78, 5) is 27.0. The van der Waals surface area contributed by atoms with Crippen LogP contribution in [0.4, 0.5) is 0 Å². The van der Waals surface area contributed by atoms with E-state index in [0.717, 1.165) is 17.5 Å². The lowest BCUT2D eigenvalue weighted by atomic mass is 10.0. The van der Waals surface area contributed by atoms with Crippen molar-refractivity contribution in [2.24, 2.45) is 4.99 Å². The molecule has 0 spiro atoms. The Labute approximate surface area is 121 Å². The summed E-state index contributed by atoms with van der Waals surface area (Å²) in [7, 11) is 0. The Hall–Kier alpha value is -1.82. The van der Waals surface area contributed by atoms with Crippen LogP contribution >= 0.6 is 11.8 Å². The van der Waals surface area contributed by atoms with E-state index < -0.39 is 11.5 Å². The molecule has 1 unspecified atom stereocenters. The number of thioether (sulfide) groups is 1. The van der Waals surface area contributed by atoms with Gasteiger partial charge in [-0.2, -0.15) is 0 Å². The number of nitrogens with one attached hydrogen (secondary N) is 1. The van der Waals surface area contributed by atoms with Gasteiger partial charge < -0.3 is 10.4 Å². The molecule has 2 N–H and O–H groups in total. The van der Waals surface area contributed by atoms with Crippen LogP contribution in [0.3, 0.4) is 0 Å². The molecule has 0 saturated heterocycles. The lowest BCUT2D eigenvalue weighted by Gasteiger charge is -2.12. The first-order chi connectivity index (χ1) is 9.51. The summed E-state index contributed by atoms with van der Waals surface area (Å²) in [6.07, 6.45) is 0.770. The van der Waals surface area contributed by atoms with Crippen molar-refractivity contribution in [3.05, 3.63) is 34.9 Å². The largest absolute Gasteiger partial charge is 0.477 e. The zero-order valence-corrected chi connectivity index (χ0v) is 12.2. The van der Waals surface area contributed by atoms with Crippen LogP contribution in [0.1, 0.15) is 28.4 Å². The highest BCUT2D eigenvalue weighted by Crippen LogP contribution is 2.20. The van der Waals surface area contributed by atoms with Gasteiger partial charge in [0.2, 0.25) is 0 Å². The molecule has 5 nitrogen and oxygen atoms in total. The zero-order valence-electron chi connectivity index (χ0n) is 11.3. The van der Waals surface area contributed by atoms with Crippen molar-refractivity contribution in [2.45, 2.75) is 25.8 Å². The number of carboxylic acid groups (broad SMARTS) is 1. The lowest BCUT2D eigenvalue weighted by molar-refractivity contribution is -0.129. The minimum Gasteiger partial charge on any atom is -0.477 e. The molecule has 0 fully saturated rings. The van der Waals surface area contributed by atoms with E-state index in [2.05, 4.69) is 10.3 Å². The summed E-state index contributed by atoms with van der Waals surface area (Å²) in [5.74, 6) is -0.928. The quantitative estimate of drug-likeness (QED) is 0.887. The Morgan fingerprint density at radius 1 is 1.50 bits per heavy atom. The fraction of sp³-hybridized carbons (Fsp3) is 0.357. The second kappa shape index (κ2) is 6.09. The summed E-state index contributed by atoms with van der Waals surface area (Å²) >= 11 is 1.30. The van der Waals surface area contributed by atoms with Gasteiger partial charge in [0.1, 0.15) is 5.71 Å². The van der Waals surface area contributed by atoms with E-state index in [1.807, 2.05) is 26.0 Å². The molecule has 0 aliphatic carbocycles. The molecule has 0 radical (unpaired) electrons. The Bertz CT molecular complexity index is 584. The van der Waals surface area contributed by atoms with E-state index in [4.69, 9.17) is 5.11 Å². The van der Waals surface area contributed by atoms with Crippen LogP contribution in [0, 0.1) is 6.92 Å². The molecule has 1 aromatic carbocycles. The first-order valence-electron chi connectivity index (χ1n) is 6.33. The molecule has 1 amide bonds. The van der Waals surface area contributed by atoms with Gasteiger partial charge in [0.15, 0.2) is 5.50 Å². The van der Waals surface area contributed by atoms with Gasteiger partial charge in [-0.05, 0) is 25.0 Å². The number of amides is 1. The lowest BCUT2D eigenvalue weighted by Crippen LogP contribution is -2.30. The minimum absolute atomic E-state index is 0.0971. The molecule has 1 aromatic rings. The van der Waals surface area contributed by atoms with Crippen LogP contribution in [0.2, 0.25) is 0 Å². The SMILES string of the molecule is CCc1cc(C)ccc1C(=O)NC1N=C(C(=O)O)CS1. The average Bonchev–Trinajstić information content (AvgIpc) is 2.87.